The first kappa shape index (κ1) is 16.7. The molecule has 0 aliphatic rings. The van der Waals surface area contributed by atoms with Crippen LogP contribution >= 0.6 is 0 Å². The van der Waals surface area contributed by atoms with Gasteiger partial charge < -0.3 is 11.1 Å². The Balaban J connectivity index is 3.07. The highest BCUT2D eigenvalue weighted by molar-refractivity contribution is 7.90. The van der Waals surface area contributed by atoms with E-state index in [4.69, 9.17) is 5.73 Å². The van der Waals surface area contributed by atoms with Crippen LogP contribution in [-0.4, -0.2) is 26.6 Å². The third-order valence-electron chi connectivity index (χ3n) is 3.11. The summed E-state index contributed by atoms with van der Waals surface area (Å²) >= 11 is 0. The summed E-state index contributed by atoms with van der Waals surface area (Å²) in [4.78, 5) is 12.3. The average Bonchev–Trinajstić information content (AvgIpc) is 2.28. The fraction of sp³-hybridized carbons (Fsp3) is 0.500. The van der Waals surface area contributed by atoms with E-state index in [1.54, 1.807) is 13.0 Å². The van der Waals surface area contributed by atoms with Crippen molar-refractivity contribution in [2.24, 2.45) is 11.1 Å². The zero-order valence-corrected chi connectivity index (χ0v) is 13.3. The monoisotopic (exact) mass is 298 g/mol. The Morgan fingerprint density at radius 2 is 1.85 bits per heavy atom. The second-order valence-electron chi connectivity index (χ2n) is 6.08. The van der Waals surface area contributed by atoms with Crippen molar-refractivity contribution in [3.8, 4) is 0 Å². The van der Waals surface area contributed by atoms with Gasteiger partial charge in [0, 0.05) is 11.9 Å². The second-order valence-corrected chi connectivity index (χ2v) is 8.10. The van der Waals surface area contributed by atoms with Crippen molar-refractivity contribution in [2.75, 3.05) is 11.6 Å². The number of carbonyl (C=O) groups excluding carboxylic acids is 1. The van der Waals surface area contributed by atoms with Crippen LogP contribution in [0.25, 0.3) is 0 Å². The van der Waals surface area contributed by atoms with Crippen molar-refractivity contribution in [1.29, 1.82) is 0 Å². The quantitative estimate of drug-likeness (QED) is 0.889. The van der Waals surface area contributed by atoms with Crippen molar-refractivity contribution in [1.82, 2.24) is 0 Å². The first-order valence-electron chi connectivity index (χ1n) is 6.30. The van der Waals surface area contributed by atoms with Gasteiger partial charge in [0.05, 0.1) is 10.9 Å². The number of hydrogen-bond donors (Lipinski definition) is 2. The lowest BCUT2D eigenvalue weighted by Gasteiger charge is -2.26. The van der Waals surface area contributed by atoms with Crippen LogP contribution in [0.2, 0.25) is 0 Å². The smallest absolute Gasteiger partial charge is 0.241 e. The topological polar surface area (TPSA) is 89.3 Å². The summed E-state index contributed by atoms with van der Waals surface area (Å²) in [6.45, 7) is 7.41. The first-order valence-corrected chi connectivity index (χ1v) is 8.19. The SMILES string of the molecule is Cc1ccc(S(C)(=O)=O)cc1NC(=O)[C@H](N)C(C)(C)C. The van der Waals surface area contributed by atoms with Crippen molar-refractivity contribution in [3.05, 3.63) is 23.8 Å². The zero-order valence-electron chi connectivity index (χ0n) is 12.5. The van der Waals surface area contributed by atoms with Gasteiger partial charge in [0.2, 0.25) is 5.91 Å². The van der Waals surface area contributed by atoms with Gasteiger partial charge in [-0.05, 0) is 30.0 Å². The lowest BCUT2D eigenvalue weighted by Crippen LogP contribution is -2.45. The van der Waals surface area contributed by atoms with E-state index in [-0.39, 0.29) is 16.2 Å². The number of nitrogens with two attached hydrogens (primary N) is 1. The Morgan fingerprint density at radius 3 is 2.30 bits per heavy atom. The number of nitrogens with one attached hydrogen (secondary N) is 1. The minimum absolute atomic E-state index is 0.169. The average molecular weight is 298 g/mol. The Labute approximate surface area is 120 Å². The molecule has 0 bridgehead atoms. The molecular weight excluding hydrogens is 276 g/mol. The highest BCUT2D eigenvalue weighted by Crippen LogP contribution is 2.23. The number of benzene rings is 1. The first-order chi connectivity index (χ1) is 8.93. The van der Waals surface area contributed by atoms with Gasteiger partial charge in [0.25, 0.3) is 0 Å². The van der Waals surface area contributed by atoms with Crippen molar-refractivity contribution >= 4 is 21.4 Å². The maximum atomic E-state index is 12.1. The van der Waals surface area contributed by atoms with Crippen molar-refractivity contribution in [2.45, 2.75) is 38.6 Å². The standard InChI is InChI=1S/C14H22N2O3S/c1-9-6-7-10(20(5,18)19)8-11(9)16-13(17)12(15)14(2,3)4/h6-8,12H,15H2,1-5H3,(H,16,17)/t12-/m0/s1. The third-order valence-corrected chi connectivity index (χ3v) is 4.22. The summed E-state index contributed by atoms with van der Waals surface area (Å²) in [5.74, 6) is -0.328. The molecule has 1 amide bonds. The van der Waals surface area contributed by atoms with Gasteiger partial charge in [-0.15, -0.1) is 0 Å². The molecule has 112 valence electrons. The molecular formula is C14H22N2O3S. The number of carbonyl (C=O) groups is 1. The molecule has 1 aromatic carbocycles. The number of rotatable bonds is 3. The minimum atomic E-state index is -3.31. The van der Waals surface area contributed by atoms with Crippen LogP contribution in [0.15, 0.2) is 23.1 Å². The van der Waals surface area contributed by atoms with Gasteiger partial charge in [0.1, 0.15) is 0 Å². The fourth-order valence-corrected chi connectivity index (χ4v) is 2.22. The van der Waals surface area contributed by atoms with E-state index in [1.165, 1.54) is 12.1 Å². The lowest BCUT2D eigenvalue weighted by atomic mass is 9.87. The van der Waals surface area contributed by atoms with E-state index >= 15 is 0 Å². The van der Waals surface area contributed by atoms with Crippen LogP contribution in [0.3, 0.4) is 0 Å². The van der Waals surface area contributed by atoms with Crippen molar-refractivity contribution < 1.29 is 13.2 Å². The van der Waals surface area contributed by atoms with Gasteiger partial charge in [-0.1, -0.05) is 26.8 Å². The molecule has 5 nitrogen and oxygen atoms in total. The highest BCUT2D eigenvalue weighted by atomic mass is 32.2. The van der Waals surface area contributed by atoms with Crippen LogP contribution in [0.1, 0.15) is 26.3 Å². The zero-order chi connectivity index (χ0) is 15.7. The molecule has 3 N–H and O–H groups in total. The molecule has 1 aromatic rings. The molecule has 1 rings (SSSR count). The largest absolute Gasteiger partial charge is 0.324 e. The molecule has 0 aliphatic heterocycles. The normalized spacial score (nSPS) is 13.9. The number of sulfone groups is 1. The lowest BCUT2D eigenvalue weighted by molar-refractivity contribution is -0.119. The maximum Gasteiger partial charge on any atom is 0.241 e. The third kappa shape index (κ3) is 4.05. The van der Waals surface area contributed by atoms with E-state index in [2.05, 4.69) is 5.32 Å². The van der Waals surface area contributed by atoms with Crippen LogP contribution in [0, 0.1) is 12.3 Å². The van der Waals surface area contributed by atoms with E-state index in [0.29, 0.717) is 5.69 Å². The van der Waals surface area contributed by atoms with E-state index < -0.39 is 15.9 Å². The fourth-order valence-electron chi connectivity index (χ4n) is 1.57. The maximum absolute atomic E-state index is 12.1. The van der Waals surface area contributed by atoms with Gasteiger partial charge in [-0.2, -0.15) is 0 Å². The van der Waals surface area contributed by atoms with Gasteiger partial charge in [-0.3, -0.25) is 4.79 Å². The number of anilines is 1. The molecule has 20 heavy (non-hydrogen) atoms. The summed E-state index contributed by atoms with van der Waals surface area (Å²) < 4.78 is 23.1. The molecule has 0 spiro atoms. The molecule has 0 aliphatic carbocycles. The molecule has 0 saturated heterocycles. The summed E-state index contributed by atoms with van der Waals surface area (Å²) in [7, 11) is -3.31. The molecule has 0 unspecified atom stereocenters. The number of amides is 1. The summed E-state index contributed by atoms with van der Waals surface area (Å²) in [5, 5.41) is 2.70. The Bertz CT molecular complexity index is 616. The molecule has 0 heterocycles. The van der Waals surface area contributed by atoms with Crippen LogP contribution in [0.4, 0.5) is 5.69 Å². The van der Waals surface area contributed by atoms with E-state index in [9.17, 15) is 13.2 Å². The molecule has 0 aromatic heterocycles. The minimum Gasteiger partial charge on any atom is -0.324 e. The van der Waals surface area contributed by atoms with Gasteiger partial charge in [0.15, 0.2) is 9.84 Å². The van der Waals surface area contributed by atoms with E-state index in [0.717, 1.165) is 11.8 Å². The number of hydrogen-bond acceptors (Lipinski definition) is 4. The Hall–Kier alpha value is -1.40. The number of aryl methyl sites for hydroxylation is 1. The van der Waals surface area contributed by atoms with Crippen LogP contribution < -0.4 is 11.1 Å². The molecule has 0 fully saturated rings. The molecule has 0 radical (unpaired) electrons. The molecule has 6 heteroatoms. The summed E-state index contributed by atoms with van der Waals surface area (Å²) in [5.41, 5.74) is 6.77. The predicted octanol–water partition coefficient (Wildman–Crippen LogP) is 1.71. The van der Waals surface area contributed by atoms with Crippen molar-refractivity contribution in [3.63, 3.8) is 0 Å². The van der Waals surface area contributed by atoms with Gasteiger partial charge in [-0.25, -0.2) is 8.42 Å². The summed E-state index contributed by atoms with van der Waals surface area (Å²) in [6.07, 6.45) is 1.13. The second kappa shape index (κ2) is 5.54. The van der Waals surface area contributed by atoms with Crippen LogP contribution in [0.5, 0.6) is 0 Å². The molecule has 1 atom stereocenters. The Morgan fingerprint density at radius 1 is 1.30 bits per heavy atom. The molecule has 0 saturated carbocycles. The van der Waals surface area contributed by atoms with Crippen LogP contribution in [-0.2, 0) is 14.6 Å². The highest BCUT2D eigenvalue weighted by Gasteiger charge is 2.27. The summed E-state index contributed by atoms with van der Waals surface area (Å²) in [6, 6.07) is 3.96. The predicted molar refractivity (Wildman–Crippen MR) is 80.3 cm³/mol. The van der Waals surface area contributed by atoms with E-state index in [1.807, 2.05) is 20.8 Å². The Kier molecular flexibility index (Phi) is 4.61. The van der Waals surface area contributed by atoms with Gasteiger partial charge >= 0.3 is 0 Å².